The van der Waals surface area contributed by atoms with Crippen molar-refractivity contribution in [2.45, 2.75) is 0 Å². The van der Waals surface area contributed by atoms with E-state index in [1.807, 2.05) is 0 Å². The van der Waals surface area contributed by atoms with Gasteiger partial charge in [0.05, 0.1) is 24.1 Å². The summed E-state index contributed by atoms with van der Waals surface area (Å²) in [6.07, 6.45) is 2.58. The summed E-state index contributed by atoms with van der Waals surface area (Å²) in [5.74, 6) is -0.225. The number of esters is 1. The zero-order valence-electron chi connectivity index (χ0n) is 11.1. The molecule has 0 spiro atoms. The van der Waals surface area contributed by atoms with Crippen molar-refractivity contribution in [1.82, 2.24) is 4.98 Å². The summed E-state index contributed by atoms with van der Waals surface area (Å²) in [5, 5.41) is 0. The van der Waals surface area contributed by atoms with Gasteiger partial charge < -0.3 is 15.4 Å². The number of pyridine rings is 1. The van der Waals surface area contributed by atoms with Crippen LogP contribution in [-0.2, 0) is 14.6 Å². The number of sulfone groups is 1. The Morgan fingerprint density at radius 3 is 2.68 bits per heavy atom. The Bertz CT molecular complexity index is 571. The number of hydrogen-bond donors (Lipinski definition) is 1. The van der Waals surface area contributed by atoms with Gasteiger partial charge in [0.25, 0.3) is 0 Å². The third-order valence-electron chi connectivity index (χ3n) is 2.53. The molecule has 0 aromatic carbocycles. The summed E-state index contributed by atoms with van der Waals surface area (Å²) in [6.45, 7) is 0.237. The summed E-state index contributed by atoms with van der Waals surface area (Å²) in [4.78, 5) is 17.1. The van der Waals surface area contributed by atoms with Crippen molar-refractivity contribution in [2.75, 3.05) is 43.3 Å². The first-order valence-corrected chi connectivity index (χ1v) is 7.54. The second-order valence-corrected chi connectivity index (χ2v) is 6.40. The molecule has 0 saturated heterocycles. The second-order valence-electron chi connectivity index (χ2n) is 4.14. The summed E-state index contributed by atoms with van der Waals surface area (Å²) in [7, 11) is -0.156. The highest BCUT2D eigenvalue weighted by Crippen LogP contribution is 2.23. The quantitative estimate of drug-likeness (QED) is 0.756. The lowest BCUT2D eigenvalue weighted by Crippen LogP contribution is -2.27. The number of nitrogen functional groups attached to an aromatic ring is 1. The molecule has 0 saturated carbocycles. The van der Waals surface area contributed by atoms with Crippen LogP contribution in [-0.4, -0.2) is 52.1 Å². The molecule has 0 bridgehead atoms. The van der Waals surface area contributed by atoms with Crippen molar-refractivity contribution < 1.29 is 17.9 Å². The van der Waals surface area contributed by atoms with E-state index in [-0.39, 0.29) is 23.5 Å². The maximum Gasteiger partial charge on any atom is 0.340 e. The smallest absolute Gasteiger partial charge is 0.340 e. The van der Waals surface area contributed by atoms with Crippen molar-refractivity contribution in [3.05, 3.63) is 17.8 Å². The Morgan fingerprint density at radius 1 is 1.53 bits per heavy atom. The number of nitrogens with two attached hydrogens (primary N) is 1. The first-order valence-electron chi connectivity index (χ1n) is 5.48. The van der Waals surface area contributed by atoms with Crippen molar-refractivity contribution >= 4 is 27.3 Å². The monoisotopic (exact) mass is 287 g/mol. The standard InChI is InChI=1S/C11H17N3O4S/c1-14(6-7-19(3,16)17)10-9(12)8(4-5-13-10)11(15)18-2/h4-5H,6-7,12H2,1-3H3. The normalized spacial score (nSPS) is 11.1. The number of aromatic nitrogens is 1. The lowest BCUT2D eigenvalue weighted by molar-refractivity contribution is 0.0602. The van der Waals surface area contributed by atoms with E-state index in [4.69, 9.17) is 5.73 Å². The molecule has 0 aliphatic heterocycles. The number of rotatable bonds is 5. The highest BCUT2D eigenvalue weighted by molar-refractivity contribution is 7.90. The van der Waals surface area contributed by atoms with Crippen molar-refractivity contribution in [2.24, 2.45) is 0 Å². The van der Waals surface area contributed by atoms with Crippen LogP contribution in [0.1, 0.15) is 10.4 Å². The zero-order chi connectivity index (χ0) is 14.6. The van der Waals surface area contributed by atoms with E-state index in [2.05, 4.69) is 9.72 Å². The average molecular weight is 287 g/mol. The van der Waals surface area contributed by atoms with E-state index in [9.17, 15) is 13.2 Å². The maximum atomic E-state index is 11.5. The van der Waals surface area contributed by atoms with Crippen LogP contribution in [0.3, 0.4) is 0 Å². The summed E-state index contributed by atoms with van der Waals surface area (Å²) in [5.41, 5.74) is 6.22. The van der Waals surface area contributed by atoms with E-state index >= 15 is 0 Å². The van der Waals surface area contributed by atoms with Crippen LogP contribution in [0.2, 0.25) is 0 Å². The fourth-order valence-corrected chi connectivity index (χ4v) is 2.07. The van der Waals surface area contributed by atoms with Gasteiger partial charge in [0, 0.05) is 26.0 Å². The number of carbonyl (C=O) groups is 1. The molecule has 19 heavy (non-hydrogen) atoms. The van der Waals surface area contributed by atoms with Gasteiger partial charge in [-0.1, -0.05) is 0 Å². The van der Waals surface area contributed by atoms with Crippen molar-refractivity contribution in [1.29, 1.82) is 0 Å². The molecule has 0 unspecified atom stereocenters. The molecule has 0 amide bonds. The van der Waals surface area contributed by atoms with E-state index in [0.717, 1.165) is 6.26 Å². The van der Waals surface area contributed by atoms with Gasteiger partial charge >= 0.3 is 5.97 Å². The molecule has 0 fully saturated rings. The van der Waals surface area contributed by atoms with Gasteiger partial charge in [-0.25, -0.2) is 18.2 Å². The fourth-order valence-electron chi connectivity index (χ4n) is 1.46. The first kappa shape index (κ1) is 15.2. The largest absolute Gasteiger partial charge is 0.465 e. The van der Waals surface area contributed by atoms with Gasteiger partial charge in [-0.05, 0) is 6.07 Å². The van der Waals surface area contributed by atoms with Crippen molar-refractivity contribution in [3.63, 3.8) is 0 Å². The molecule has 0 aliphatic rings. The minimum Gasteiger partial charge on any atom is -0.465 e. The summed E-state index contributed by atoms with van der Waals surface area (Å²) >= 11 is 0. The predicted molar refractivity (Wildman–Crippen MR) is 73.0 cm³/mol. The van der Waals surface area contributed by atoms with E-state index in [1.54, 1.807) is 11.9 Å². The predicted octanol–water partition coefficient (Wildman–Crippen LogP) is -0.0688. The number of nitrogens with zero attached hydrogens (tertiary/aromatic N) is 2. The number of carbonyl (C=O) groups excluding carboxylic acids is 1. The molecule has 1 aromatic heterocycles. The van der Waals surface area contributed by atoms with Crippen LogP contribution in [0.25, 0.3) is 0 Å². The zero-order valence-corrected chi connectivity index (χ0v) is 11.9. The molecule has 0 aliphatic carbocycles. The van der Waals surface area contributed by atoms with Crippen LogP contribution in [0, 0.1) is 0 Å². The Labute approximate surface area is 112 Å². The number of methoxy groups -OCH3 is 1. The minimum absolute atomic E-state index is 0.0208. The van der Waals surface area contributed by atoms with E-state index < -0.39 is 15.8 Å². The first-order chi connectivity index (χ1) is 8.76. The lowest BCUT2D eigenvalue weighted by Gasteiger charge is -2.20. The molecular weight excluding hydrogens is 270 g/mol. The average Bonchev–Trinajstić information content (AvgIpc) is 2.34. The van der Waals surface area contributed by atoms with Crippen LogP contribution < -0.4 is 10.6 Å². The van der Waals surface area contributed by atoms with Gasteiger partial charge in [0.1, 0.15) is 9.84 Å². The van der Waals surface area contributed by atoms with E-state index in [0.29, 0.717) is 5.82 Å². The Hall–Kier alpha value is -1.83. The van der Waals surface area contributed by atoms with Gasteiger partial charge in [0.2, 0.25) is 0 Å². The molecule has 8 heteroatoms. The topological polar surface area (TPSA) is 103 Å². The molecule has 0 radical (unpaired) electrons. The molecule has 1 heterocycles. The molecule has 0 atom stereocenters. The van der Waals surface area contributed by atoms with E-state index in [1.165, 1.54) is 19.4 Å². The number of hydrogen-bond acceptors (Lipinski definition) is 7. The maximum absolute atomic E-state index is 11.5. The molecule has 106 valence electrons. The summed E-state index contributed by atoms with van der Waals surface area (Å²) < 4.78 is 26.8. The van der Waals surface area contributed by atoms with Gasteiger partial charge in [-0.15, -0.1) is 0 Å². The molecule has 1 rings (SSSR count). The summed E-state index contributed by atoms with van der Waals surface area (Å²) in [6, 6.07) is 1.45. The van der Waals surface area contributed by atoms with Crippen LogP contribution in [0.15, 0.2) is 12.3 Å². The van der Waals surface area contributed by atoms with Crippen LogP contribution >= 0.6 is 0 Å². The number of ether oxygens (including phenoxy) is 1. The highest BCUT2D eigenvalue weighted by Gasteiger charge is 2.17. The molecule has 7 nitrogen and oxygen atoms in total. The Kier molecular flexibility index (Phi) is 4.71. The number of anilines is 2. The third kappa shape index (κ3) is 4.09. The fraction of sp³-hybridized carbons (Fsp3) is 0.455. The molecule has 1 aromatic rings. The van der Waals surface area contributed by atoms with Crippen LogP contribution in [0.4, 0.5) is 11.5 Å². The molecular formula is C11H17N3O4S. The van der Waals surface area contributed by atoms with Gasteiger partial charge in [0.15, 0.2) is 5.82 Å². The van der Waals surface area contributed by atoms with Crippen molar-refractivity contribution in [3.8, 4) is 0 Å². The lowest BCUT2D eigenvalue weighted by atomic mass is 10.2. The Balaban J connectivity index is 2.98. The van der Waals surface area contributed by atoms with Crippen LogP contribution in [0.5, 0.6) is 0 Å². The SMILES string of the molecule is COC(=O)c1ccnc(N(C)CCS(C)(=O)=O)c1N. The van der Waals surface area contributed by atoms with Gasteiger partial charge in [-0.2, -0.15) is 0 Å². The third-order valence-corrected chi connectivity index (χ3v) is 3.46. The van der Waals surface area contributed by atoms with Gasteiger partial charge in [-0.3, -0.25) is 0 Å². The highest BCUT2D eigenvalue weighted by atomic mass is 32.2. The second kappa shape index (κ2) is 5.87. The minimum atomic E-state index is -3.07. The molecule has 2 N–H and O–H groups in total. The Morgan fingerprint density at radius 2 is 2.16 bits per heavy atom.